The van der Waals surface area contributed by atoms with E-state index >= 15 is 0 Å². The summed E-state index contributed by atoms with van der Waals surface area (Å²) in [4.78, 5) is 0. The van der Waals surface area contributed by atoms with Gasteiger partial charge in [-0.3, -0.25) is 0 Å². The Kier molecular flexibility index (Phi) is 3.05. The average Bonchev–Trinajstić information content (AvgIpc) is 2.74. The zero-order valence-corrected chi connectivity index (χ0v) is 12.6. The molecule has 0 amide bonds. The van der Waals surface area contributed by atoms with Crippen molar-refractivity contribution in [3.63, 3.8) is 0 Å². The van der Waals surface area contributed by atoms with Gasteiger partial charge in [-0.2, -0.15) is 0 Å². The largest absolute Gasteiger partial charge is 0.393 e. The first-order valence-electron chi connectivity index (χ1n) is 8.66. The summed E-state index contributed by atoms with van der Waals surface area (Å²) in [6, 6.07) is 0. The lowest BCUT2D eigenvalue weighted by Crippen LogP contribution is -2.47. The fourth-order valence-electron chi connectivity index (χ4n) is 6.28. The SMILES string of the molecule is C[C@]12CC[C@H]3[C@@H](CCC4=CC(O)CC[C@H]43)[C@@H]1CCC2O. The Morgan fingerprint density at radius 1 is 1.00 bits per heavy atom. The highest BCUT2D eigenvalue weighted by Gasteiger charge is 2.55. The summed E-state index contributed by atoms with van der Waals surface area (Å²) in [6.45, 7) is 2.35. The average molecular weight is 276 g/mol. The molecule has 0 bridgehead atoms. The van der Waals surface area contributed by atoms with Crippen LogP contribution in [0.25, 0.3) is 0 Å². The molecule has 4 rings (SSSR count). The molecule has 0 radical (unpaired) electrons. The standard InChI is InChI=1S/C18H28O2/c1-18-9-8-14-13-5-3-12(19)10-11(13)2-4-15(14)16(18)6-7-17(18)20/h10,12-17,19-20H,2-9H2,1H3/t12?,13-,14-,15-,16+,17?,18+/m1/s1. The predicted octanol–water partition coefficient (Wildman–Crippen LogP) is 3.28. The molecule has 20 heavy (non-hydrogen) atoms. The molecule has 2 unspecified atom stereocenters. The molecule has 112 valence electrons. The van der Waals surface area contributed by atoms with Crippen molar-refractivity contribution in [2.45, 2.75) is 70.5 Å². The second kappa shape index (κ2) is 4.58. The molecule has 0 aromatic rings. The maximum Gasteiger partial charge on any atom is 0.0723 e. The second-order valence-corrected chi connectivity index (χ2v) is 8.10. The van der Waals surface area contributed by atoms with E-state index in [0.717, 1.165) is 36.5 Å². The lowest BCUT2D eigenvalue weighted by atomic mass is 9.52. The zero-order chi connectivity index (χ0) is 13.9. The van der Waals surface area contributed by atoms with Gasteiger partial charge in [-0.25, -0.2) is 0 Å². The van der Waals surface area contributed by atoms with Gasteiger partial charge in [-0.1, -0.05) is 18.6 Å². The first-order valence-corrected chi connectivity index (χ1v) is 8.66. The number of fused-ring (bicyclic) bond motifs is 5. The summed E-state index contributed by atoms with van der Waals surface area (Å²) >= 11 is 0. The Morgan fingerprint density at radius 3 is 2.70 bits per heavy atom. The maximum atomic E-state index is 10.4. The van der Waals surface area contributed by atoms with Crippen LogP contribution in [0.5, 0.6) is 0 Å². The molecule has 0 aliphatic heterocycles. The van der Waals surface area contributed by atoms with Crippen molar-refractivity contribution in [1.29, 1.82) is 0 Å². The molecule has 4 aliphatic rings. The van der Waals surface area contributed by atoms with Crippen LogP contribution in [0.15, 0.2) is 11.6 Å². The lowest BCUT2D eigenvalue weighted by Gasteiger charge is -2.53. The van der Waals surface area contributed by atoms with Gasteiger partial charge in [0.1, 0.15) is 0 Å². The molecular formula is C18H28O2. The van der Waals surface area contributed by atoms with Gasteiger partial charge < -0.3 is 10.2 Å². The van der Waals surface area contributed by atoms with Crippen molar-refractivity contribution in [2.75, 3.05) is 0 Å². The van der Waals surface area contributed by atoms with Crippen LogP contribution in [0.1, 0.15) is 58.3 Å². The lowest BCUT2D eigenvalue weighted by molar-refractivity contribution is -0.0548. The fraction of sp³-hybridized carbons (Fsp3) is 0.889. The molecule has 0 aromatic heterocycles. The molecule has 2 heteroatoms. The van der Waals surface area contributed by atoms with Crippen LogP contribution < -0.4 is 0 Å². The highest BCUT2D eigenvalue weighted by atomic mass is 16.3. The van der Waals surface area contributed by atoms with Crippen LogP contribution >= 0.6 is 0 Å². The van der Waals surface area contributed by atoms with E-state index in [1.165, 1.54) is 38.5 Å². The van der Waals surface area contributed by atoms with Gasteiger partial charge in [0.25, 0.3) is 0 Å². The van der Waals surface area contributed by atoms with Crippen molar-refractivity contribution in [3.8, 4) is 0 Å². The number of rotatable bonds is 0. The van der Waals surface area contributed by atoms with Gasteiger partial charge in [0, 0.05) is 0 Å². The minimum absolute atomic E-state index is 0.0569. The van der Waals surface area contributed by atoms with E-state index < -0.39 is 0 Å². The Labute approximate surface area is 122 Å². The maximum absolute atomic E-state index is 10.4. The minimum atomic E-state index is -0.181. The molecular weight excluding hydrogens is 248 g/mol. The van der Waals surface area contributed by atoms with Crippen LogP contribution in [-0.2, 0) is 0 Å². The Hall–Kier alpha value is -0.340. The van der Waals surface area contributed by atoms with Gasteiger partial charge in [0.15, 0.2) is 0 Å². The topological polar surface area (TPSA) is 40.5 Å². The summed E-state index contributed by atoms with van der Waals surface area (Å²) < 4.78 is 0. The number of hydrogen-bond acceptors (Lipinski definition) is 2. The summed E-state index contributed by atoms with van der Waals surface area (Å²) in [5, 5.41) is 20.3. The van der Waals surface area contributed by atoms with E-state index in [0.29, 0.717) is 0 Å². The first-order chi connectivity index (χ1) is 9.59. The molecule has 3 saturated carbocycles. The zero-order valence-electron chi connectivity index (χ0n) is 12.6. The molecule has 0 aromatic carbocycles. The summed E-state index contributed by atoms with van der Waals surface area (Å²) in [7, 11) is 0. The van der Waals surface area contributed by atoms with Gasteiger partial charge >= 0.3 is 0 Å². The number of hydrogen-bond donors (Lipinski definition) is 2. The summed E-state index contributed by atoms with van der Waals surface area (Å²) in [5.74, 6) is 3.18. The number of aliphatic hydroxyl groups excluding tert-OH is 2. The molecule has 0 heterocycles. The van der Waals surface area contributed by atoms with Crippen molar-refractivity contribution < 1.29 is 10.2 Å². The molecule has 2 N–H and O–H groups in total. The number of aliphatic hydroxyl groups is 2. The van der Waals surface area contributed by atoms with Crippen molar-refractivity contribution in [3.05, 3.63) is 11.6 Å². The molecule has 3 fully saturated rings. The van der Waals surface area contributed by atoms with E-state index in [4.69, 9.17) is 0 Å². The van der Waals surface area contributed by atoms with Crippen LogP contribution in [0.2, 0.25) is 0 Å². The summed E-state index contributed by atoms with van der Waals surface area (Å²) in [5.41, 5.74) is 1.77. The Bertz CT molecular complexity index is 429. The molecule has 4 aliphatic carbocycles. The molecule has 0 spiro atoms. The molecule has 7 atom stereocenters. The third-order valence-corrected chi connectivity index (χ3v) is 7.38. The van der Waals surface area contributed by atoms with E-state index in [9.17, 15) is 10.2 Å². The van der Waals surface area contributed by atoms with Gasteiger partial charge in [0.2, 0.25) is 0 Å². The third-order valence-electron chi connectivity index (χ3n) is 7.38. The van der Waals surface area contributed by atoms with Crippen LogP contribution in [0.4, 0.5) is 0 Å². The highest BCUT2D eigenvalue weighted by molar-refractivity contribution is 5.20. The number of allylic oxidation sites excluding steroid dienone is 1. The second-order valence-electron chi connectivity index (χ2n) is 8.10. The monoisotopic (exact) mass is 276 g/mol. The van der Waals surface area contributed by atoms with E-state index in [2.05, 4.69) is 13.0 Å². The molecule has 2 nitrogen and oxygen atoms in total. The third kappa shape index (κ3) is 1.77. The van der Waals surface area contributed by atoms with Crippen LogP contribution in [0, 0.1) is 29.1 Å². The highest BCUT2D eigenvalue weighted by Crippen LogP contribution is 2.61. The van der Waals surface area contributed by atoms with Crippen molar-refractivity contribution in [1.82, 2.24) is 0 Å². The first kappa shape index (κ1) is 13.3. The van der Waals surface area contributed by atoms with Gasteiger partial charge in [0.05, 0.1) is 12.2 Å². The van der Waals surface area contributed by atoms with E-state index in [1.54, 1.807) is 5.57 Å². The fourth-order valence-corrected chi connectivity index (χ4v) is 6.28. The van der Waals surface area contributed by atoms with Gasteiger partial charge in [-0.05, 0) is 80.5 Å². The summed E-state index contributed by atoms with van der Waals surface area (Å²) in [6.07, 6.45) is 11.4. The van der Waals surface area contributed by atoms with Crippen LogP contribution in [0.3, 0.4) is 0 Å². The molecule has 0 saturated heterocycles. The Morgan fingerprint density at radius 2 is 1.85 bits per heavy atom. The van der Waals surface area contributed by atoms with Crippen molar-refractivity contribution >= 4 is 0 Å². The van der Waals surface area contributed by atoms with E-state index in [-0.39, 0.29) is 17.6 Å². The quantitative estimate of drug-likeness (QED) is 0.667. The van der Waals surface area contributed by atoms with Crippen molar-refractivity contribution in [2.24, 2.45) is 29.1 Å². The minimum Gasteiger partial charge on any atom is -0.393 e. The predicted molar refractivity (Wildman–Crippen MR) is 79.1 cm³/mol. The Balaban J connectivity index is 1.62. The van der Waals surface area contributed by atoms with Gasteiger partial charge in [-0.15, -0.1) is 0 Å². The normalized spacial score (nSPS) is 54.6. The smallest absolute Gasteiger partial charge is 0.0723 e. The van der Waals surface area contributed by atoms with E-state index in [1.807, 2.05) is 0 Å². The van der Waals surface area contributed by atoms with Crippen LogP contribution in [-0.4, -0.2) is 22.4 Å².